The fourth-order valence-electron chi connectivity index (χ4n) is 1.06. The van der Waals surface area contributed by atoms with Gasteiger partial charge < -0.3 is 5.32 Å². The molecule has 0 aliphatic rings. The molecule has 0 heterocycles. The van der Waals surface area contributed by atoms with Crippen LogP contribution in [0.1, 0.15) is 26.2 Å². The summed E-state index contributed by atoms with van der Waals surface area (Å²) in [4.78, 5) is 0. The van der Waals surface area contributed by atoms with Crippen LogP contribution in [0.25, 0.3) is 0 Å². The standard InChI is InChI=1S/C9H23NSi/c1-4-5-7-10-8-6-9-11(2)3/h10-11H,4-9H2,1-3H3. The zero-order valence-corrected chi connectivity index (χ0v) is 9.47. The van der Waals surface area contributed by atoms with Gasteiger partial charge in [0.15, 0.2) is 0 Å². The molecule has 0 aromatic rings. The number of hydrogen-bond donors (Lipinski definition) is 1. The molecule has 2 heteroatoms. The molecule has 0 aliphatic carbocycles. The van der Waals surface area contributed by atoms with Crippen molar-refractivity contribution in [3.8, 4) is 0 Å². The molecule has 0 saturated carbocycles. The fourth-order valence-corrected chi connectivity index (χ4v) is 2.08. The monoisotopic (exact) mass is 173 g/mol. The van der Waals surface area contributed by atoms with Gasteiger partial charge in [0.05, 0.1) is 0 Å². The van der Waals surface area contributed by atoms with Crippen molar-refractivity contribution in [2.24, 2.45) is 0 Å². The summed E-state index contributed by atoms with van der Waals surface area (Å²) >= 11 is 0. The zero-order valence-electron chi connectivity index (χ0n) is 8.32. The van der Waals surface area contributed by atoms with E-state index in [4.69, 9.17) is 0 Å². The molecule has 1 nitrogen and oxygen atoms in total. The highest BCUT2D eigenvalue weighted by Gasteiger charge is 1.93. The average Bonchev–Trinajstić information content (AvgIpc) is 1.96. The van der Waals surface area contributed by atoms with Gasteiger partial charge in [0, 0.05) is 8.80 Å². The molecule has 0 aromatic heterocycles. The maximum atomic E-state index is 3.46. The lowest BCUT2D eigenvalue weighted by atomic mass is 10.3. The third kappa shape index (κ3) is 10.2. The molecule has 1 N–H and O–H groups in total. The minimum atomic E-state index is -0.269. The molecule has 0 radical (unpaired) electrons. The first kappa shape index (κ1) is 11.2. The summed E-state index contributed by atoms with van der Waals surface area (Å²) in [5.74, 6) is 0. The van der Waals surface area contributed by atoms with E-state index in [1.165, 1.54) is 38.4 Å². The summed E-state index contributed by atoms with van der Waals surface area (Å²) < 4.78 is 0. The Labute approximate surface area is 73.2 Å². The molecular formula is C9H23NSi. The van der Waals surface area contributed by atoms with Crippen LogP contribution in [-0.2, 0) is 0 Å². The minimum absolute atomic E-state index is 0.269. The second-order valence-electron chi connectivity index (χ2n) is 3.64. The number of hydrogen-bond acceptors (Lipinski definition) is 1. The first-order chi connectivity index (χ1) is 5.27. The van der Waals surface area contributed by atoms with E-state index in [-0.39, 0.29) is 8.80 Å². The molecule has 68 valence electrons. The fraction of sp³-hybridized carbons (Fsp3) is 1.00. The average molecular weight is 173 g/mol. The zero-order chi connectivity index (χ0) is 8.53. The van der Waals surface area contributed by atoms with Crippen LogP contribution in [0.15, 0.2) is 0 Å². The quantitative estimate of drug-likeness (QED) is 0.460. The number of unbranched alkanes of at least 4 members (excludes halogenated alkanes) is 1. The van der Waals surface area contributed by atoms with Crippen LogP contribution in [-0.4, -0.2) is 21.9 Å². The summed E-state index contributed by atoms with van der Waals surface area (Å²) in [5.41, 5.74) is 0. The second kappa shape index (κ2) is 8.28. The van der Waals surface area contributed by atoms with Crippen molar-refractivity contribution in [2.45, 2.75) is 45.3 Å². The predicted molar refractivity (Wildman–Crippen MR) is 56.1 cm³/mol. The van der Waals surface area contributed by atoms with Crippen LogP contribution in [0.2, 0.25) is 19.1 Å². The van der Waals surface area contributed by atoms with Gasteiger partial charge in [0.25, 0.3) is 0 Å². The van der Waals surface area contributed by atoms with Gasteiger partial charge in [0.2, 0.25) is 0 Å². The smallest absolute Gasteiger partial charge is 0.0306 e. The topological polar surface area (TPSA) is 12.0 Å². The van der Waals surface area contributed by atoms with E-state index >= 15 is 0 Å². The van der Waals surface area contributed by atoms with Crippen molar-refractivity contribution in [1.82, 2.24) is 5.32 Å². The third-order valence-corrected chi connectivity index (χ3v) is 3.41. The highest BCUT2D eigenvalue weighted by molar-refractivity contribution is 6.55. The summed E-state index contributed by atoms with van der Waals surface area (Å²) in [7, 11) is -0.269. The summed E-state index contributed by atoms with van der Waals surface area (Å²) in [6, 6.07) is 1.50. The maximum Gasteiger partial charge on any atom is 0.0306 e. The van der Waals surface area contributed by atoms with Crippen molar-refractivity contribution in [2.75, 3.05) is 13.1 Å². The van der Waals surface area contributed by atoms with Gasteiger partial charge in [-0.25, -0.2) is 0 Å². The van der Waals surface area contributed by atoms with Crippen molar-refractivity contribution in [3.63, 3.8) is 0 Å². The number of nitrogens with one attached hydrogen (secondary N) is 1. The predicted octanol–water partition coefficient (Wildman–Crippen LogP) is 2.25. The van der Waals surface area contributed by atoms with E-state index in [2.05, 4.69) is 25.3 Å². The van der Waals surface area contributed by atoms with Crippen LogP contribution in [0.5, 0.6) is 0 Å². The Morgan fingerprint density at radius 2 is 1.73 bits per heavy atom. The van der Waals surface area contributed by atoms with Crippen molar-refractivity contribution < 1.29 is 0 Å². The lowest BCUT2D eigenvalue weighted by molar-refractivity contribution is 0.632. The largest absolute Gasteiger partial charge is 0.317 e. The Morgan fingerprint density at radius 1 is 1.09 bits per heavy atom. The Kier molecular flexibility index (Phi) is 8.41. The summed E-state index contributed by atoms with van der Waals surface area (Å²) in [6.07, 6.45) is 4.04. The van der Waals surface area contributed by atoms with Gasteiger partial charge in [0.1, 0.15) is 0 Å². The van der Waals surface area contributed by atoms with Crippen LogP contribution < -0.4 is 5.32 Å². The number of rotatable bonds is 7. The van der Waals surface area contributed by atoms with E-state index in [1.54, 1.807) is 0 Å². The first-order valence-electron chi connectivity index (χ1n) is 4.98. The molecule has 0 amide bonds. The van der Waals surface area contributed by atoms with E-state index in [1.807, 2.05) is 0 Å². The van der Waals surface area contributed by atoms with E-state index in [0.29, 0.717) is 0 Å². The van der Waals surface area contributed by atoms with Gasteiger partial charge >= 0.3 is 0 Å². The maximum absolute atomic E-state index is 3.46. The van der Waals surface area contributed by atoms with Crippen LogP contribution >= 0.6 is 0 Å². The molecule has 0 unspecified atom stereocenters. The van der Waals surface area contributed by atoms with E-state index in [0.717, 1.165) is 0 Å². The Bertz CT molecular complexity index is 74.0. The molecule has 0 bridgehead atoms. The van der Waals surface area contributed by atoms with Crippen LogP contribution in [0.4, 0.5) is 0 Å². The summed E-state index contributed by atoms with van der Waals surface area (Å²) in [6.45, 7) is 9.54. The summed E-state index contributed by atoms with van der Waals surface area (Å²) in [5, 5.41) is 3.46. The molecule has 0 aliphatic heterocycles. The molecule has 11 heavy (non-hydrogen) atoms. The van der Waals surface area contributed by atoms with Gasteiger partial charge in [-0.1, -0.05) is 32.5 Å². The Balaban J connectivity index is 2.80. The van der Waals surface area contributed by atoms with Crippen LogP contribution in [0.3, 0.4) is 0 Å². The van der Waals surface area contributed by atoms with Gasteiger partial charge in [-0.2, -0.15) is 0 Å². The lowest BCUT2D eigenvalue weighted by Gasteiger charge is -2.04. The molecule has 0 aromatic carbocycles. The normalized spacial score (nSPS) is 10.9. The molecule has 0 fully saturated rings. The Morgan fingerprint density at radius 3 is 2.27 bits per heavy atom. The molecular weight excluding hydrogens is 150 g/mol. The van der Waals surface area contributed by atoms with Gasteiger partial charge in [-0.15, -0.1) is 0 Å². The van der Waals surface area contributed by atoms with Crippen LogP contribution in [0, 0.1) is 0 Å². The molecule has 0 spiro atoms. The van der Waals surface area contributed by atoms with Crippen molar-refractivity contribution in [1.29, 1.82) is 0 Å². The minimum Gasteiger partial charge on any atom is -0.317 e. The lowest BCUT2D eigenvalue weighted by Crippen LogP contribution is -2.17. The first-order valence-corrected chi connectivity index (χ1v) is 8.10. The van der Waals surface area contributed by atoms with Gasteiger partial charge in [-0.05, 0) is 25.9 Å². The SMILES string of the molecule is CCCCNCCC[SiH](C)C. The third-order valence-electron chi connectivity index (χ3n) is 1.84. The van der Waals surface area contributed by atoms with Crippen molar-refractivity contribution in [3.05, 3.63) is 0 Å². The molecule has 0 saturated heterocycles. The van der Waals surface area contributed by atoms with E-state index < -0.39 is 0 Å². The van der Waals surface area contributed by atoms with E-state index in [9.17, 15) is 0 Å². The van der Waals surface area contributed by atoms with Gasteiger partial charge in [-0.3, -0.25) is 0 Å². The highest BCUT2D eigenvalue weighted by atomic mass is 28.3. The molecule has 0 atom stereocenters. The second-order valence-corrected chi connectivity index (χ2v) is 7.00. The highest BCUT2D eigenvalue weighted by Crippen LogP contribution is 1.94. The molecule has 0 rings (SSSR count). The Hall–Kier alpha value is 0.177. The van der Waals surface area contributed by atoms with Crippen molar-refractivity contribution >= 4 is 8.80 Å².